The Morgan fingerprint density at radius 2 is 2.31 bits per heavy atom. The molecule has 1 aromatic heterocycles. The van der Waals surface area contributed by atoms with E-state index in [4.69, 9.17) is 4.74 Å². The lowest BCUT2D eigenvalue weighted by Crippen LogP contribution is -2.46. The lowest BCUT2D eigenvalue weighted by Gasteiger charge is -2.41. The van der Waals surface area contributed by atoms with Crippen LogP contribution in [0.4, 0.5) is 0 Å². The highest BCUT2D eigenvalue weighted by Crippen LogP contribution is 2.41. The van der Waals surface area contributed by atoms with E-state index in [9.17, 15) is 5.11 Å². The molecular formula is C9H12N2O2. The van der Waals surface area contributed by atoms with E-state index >= 15 is 0 Å². The van der Waals surface area contributed by atoms with Crippen molar-refractivity contribution < 1.29 is 9.84 Å². The Kier molecular flexibility index (Phi) is 2.01. The summed E-state index contributed by atoms with van der Waals surface area (Å²) in [7, 11) is 1.65. The molecule has 1 aliphatic rings. The van der Waals surface area contributed by atoms with Crippen LogP contribution in [0.2, 0.25) is 0 Å². The summed E-state index contributed by atoms with van der Waals surface area (Å²) in [6.45, 7) is 0. The summed E-state index contributed by atoms with van der Waals surface area (Å²) in [6.07, 6.45) is 6.18. The summed E-state index contributed by atoms with van der Waals surface area (Å²) < 4.78 is 5.09. The first-order valence-electron chi connectivity index (χ1n) is 4.26. The Bertz CT molecular complexity index is 283. The SMILES string of the molecule is COC1CC(O)(c2cnccn2)C1. The Hall–Kier alpha value is -1.00. The number of hydrogen-bond acceptors (Lipinski definition) is 4. The van der Waals surface area contributed by atoms with Gasteiger partial charge in [0.2, 0.25) is 0 Å². The summed E-state index contributed by atoms with van der Waals surface area (Å²) in [5.74, 6) is 0. The number of rotatable bonds is 2. The van der Waals surface area contributed by atoms with Gasteiger partial charge in [0.1, 0.15) is 5.60 Å². The van der Waals surface area contributed by atoms with E-state index in [1.807, 2.05) is 0 Å². The molecule has 4 heteroatoms. The minimum atomic E-state index is -0.811. The van der Waals surface area contributed by atoms with Crippen molar-refractivity contribution in [3.05, 3.63) is 24.3 Å². The van der Waals surface area contributed by atoms with Crippen LogP contribution in [0.3, 0.4) is 0 Å². The van der Waals surface area contributed by atoms with Crippen LogP contribution in [0, 0.1) is 0 Å². The second-order valence-electron chi connectivity index (χ2n) is 3.39. The van der Waals surface area contributed by atoms with Gasteiger partial charge in [0.15, 0.2) is 0 Å². The fourth-order valence-corrected chi connectivity index (χ4v) is 1.61. The van der Waals surface area contributed by atoms with Gasteiger partial charge in [-0.1, -0.05) is 0 Å². The highest BCUT2D eigenvalue weighted by atomic mass is 16.5. The van der Waals surface area contributed by atoms with Crippen molar-refractivity contribution in [2.45, 2.75) is 24.5 Å². The Balaban J connectivity index is 2.11. The molecule has 1 fully saturated rings. The van der Waals surface area contributed by atoms with Crippen LogP contribution >= 0.6 is 0 Å². The third-order valence-corrected chi connectivity index (χ3v) is 2.50. The van der Waals surface area contributed by atoms with E-state index in [1.165, 1.54) is 0 Å². The predicted molar refractivity (Wildman–Crippen MR) is 46.0 cm³/mol. The van der Waals surface area contributed by atoms with Gasteiger partial charge in [-0.2, -0.15) is 0 Å². The fraction of sp³-hybridized carbons (Fsp3) is 0.556. The van der Waals surface area contributed by atoms with Crippen molar-refractivity contribution in [3.8, 4) is 0 Å². The highest BCUT2D eigenvalue weighted by Gasteiger charge is 2.45. The van der Waals surface area contributed by atoms with Crippen molar-refractivity contribution >= 4 is 0 Å². The van der Waals surface area contributed by atoms with E-state index in [0.717, 1.165) is 0 Å². The Morgan fingerprint density at radius 3 is 2.85 bits per heavy atom. The molecule has 1 aliphatic carbocycles. The highest BCUT2D eigenvalue weighted by molar-refractivity contribution is 5.14. The van der Waals surface area contributed by atoms with E-state index in [2.05, 4.69) is 9.97 Å². The normalized spacial score (nSPS) is 32.6. The van der Waals surface area contributed by atoms with Crippen LogP contribution in [-0.2, 0) is 10.3 Å². The largest absolute Gasteiger partial charge is 0.383 e. The van der Waals surface area contributed by atoms with Crippen molar-refractivity contribution in [3.63, 3.8) is 0 Å². The number of ether oxygens (including phenoxy) is 1. The molecule has 0 saturated heterocycles. The maximum atomic E-state index is 10.0. The van der Waals surface area contributed by atoms with Gasteiger partial charge in [-0.05, 0) is 0 Å². The molecule has 0 aliphatic heterocycles. The standard InChI is InChI=1S/C9H12N2O2/c1-13-7-4-9(12,5-7)8-6-10-2-3-11-8/h2-3,6-7,12H,4-5H2,1H3. The van der Waals surface area contributed by atoms with Gasteiger partial charge in [0.05, 0.1) is 18.0 Å². The molecule has 2 rings (SSSR count). The van der Waals surface area contributed by atoms with Gasteiger partial charge >= 0.3 is 0 Å². The lowest BCUT2D eigenvalue weighted by atomic mass is 9.75. The smallest absolute Gasteiger partial charge is 0.113 e. The maximum Gasteiger partial charge on any atom is 0.113 e. The zero-order valence-corrected chi connectivity index (χ0v) is 7.47. The van der Waals surface area contributed by atoms with Gasteiger partial charge in [-0.15, -0.1) is 0 Å². The number of hydrogen-bond donors (Lipinski definition) is 1. The van der Waals surface area contributed by atoms with E-state index in [-0.39, 0.29) is 6.10 Å². The molecule has 0 aromatic carbocycles. The van der Waals surface area contributed by atoms with Crippen LogP contribution in [0.5, 0.6) is 0 Å². The van der Waals surface area contributed by atoms with Crippen LogP contribution in [-0.4, -0.2) is 28.3 Å². The molecule has 0 spiro atoms. The Labute approximate surface area is 76.6 Å². The van der Waals surface area contributed by atoms with Crippen LogP contribution < -0.4 is 0 Å². The summed E-state index contributed by atoms with van der Waals surface area (Å²) in [4.78, 5) is 7.99. The topological polar surface area (TPSA) is 55.2 Å². The summed E-state index contributed by atoms with van der Waals surface area (Å²) in [5.41, 5.74) is -0.169. The lowest BCUT2D eigenvalue weighted by molar-refractivity contribution is -0.135. The van der Waals surface area contributed by atoms with Gasteiger partial charge in [0.25, 0.3) is 0 Å². The molecule has 13 heavy (non-hydrogen) atoms. The van der Waals surface area contributed by atoms with Gasteiger partial charge in [-0.25, -0.2) is 0 Å². The van der Waals surface area contributed by atoms with Crippen LogP contribution in [0.15, 0.2) is 18.6 Å². The van der Waals surface area contributed by atoms with Gasteiger partial charge in [0, 0.05) is 32.3 Å². The number of methoxy groups -OCH3 is 1. The molecule has 0 amide bonds. The number of aromatic nitrogens is 2. The maximum absolute atomic E-state index is 10.0. The summed E-state index contributed by atoms with van der Waals surface area (Å²) >= 11 is 0. The van der Waals surface area contributed by atoms with Gasteiger partial charge in [-0.3, -0.25) is 9.97 Å². The molecule has 0 unspecified atom stereocenters. The minimum Gasteiger partial charge on any atom is -0.383 e. The summed E-state index contributed by atoms with van der Waals surface area (Å²) in [5, 5.41) is 10.0. The molecule has 70 valence electrons. The van der Waals surface area contributed by atoms with Gasteiger partial charge < -0.3 is 9.84 Å². The van der Waals surface area contributed by atoms with Crippen LogP contribution in [0.1, 0.15) is 18.5 Å². The first kappa shape index (κ1) is 8.59. The quantitative estimate of drug-likeness (QED) is 0.719. The molecule has 1 heterocycles. The minimum absolute atomic E-state index is 0.159. The van der Waals surface area contributed by atoms with E-state index in [1.54, 1.807) is 25.7 Å². The zero-order valence-electron chi connectivity index (χ0n) is 7.47. The number of nitrogens with zero attached hydrogens (tertiary/aromatic N) is 2. The average molecular weight is 180 g/mol. The molecule has 1 aromatic rings. The first-order valence-corrected chi connectivity index (χ1v) is 4.26. The molecule has 0 bridgehead atoms. The first-order chi connectivity index (χ1) is 6.24. The molecule has 0 radical (unpaired) electrons. The molecular weight excluding hydrogens is 168 g/mol. The molecule has 1 N–H and O–H groups in total. The summed E-state index contributed by atoms with van der Waals surface area (Å²) in [6, 6.07) is 0. The van der Waals surface area contributed by atoms with Crippen LogP contribution in [0.25, 0.3) is 0 Å². The van der Waals surface area contributed by atoms with Crippen molar-refractivity contribution in [1.29, 1.82) is 0 Å². The average Bonchev–Trinajstić information content (AvgIpc) is 2.14. The molecule has 4 nitrogen and oxygen atoms in total. The Morgan fingerprint density at radius 1 is 1.54 bits per heavy atom. The monoisotopic (exact) mass is 180 g/mol. The number of aliphatic hydroxyl groups is 1. The van der Waals surface area contributed by atoms with E-state index in [0.29, 0.717) is 18.5 Å². The molecule has 1 saturated carbocycles. The second kappa shape index (κ2) is 3.05. The zero-order chi connectivity index (χ0) is 9.31. The van der Waals surface area contributed by atoms with Crippen molar-refractivity contribution in [2.75, 3.05) is 7.11 Å². The predicted octanol–water partition coefficient (Wildman–Crippen LogP) is 0.473. The third kappa shape index (κ3) is 1.43. The van der Waals surface area contributed by atoms with E-state index < -0.39 is 5.60 Å². The fourth-order valence-electron chi connectivity index (χ4n) is 1.61. The second-order valence-corrected chi connectivity index (χ2v) is 3.39. The van der Waals surface area contributed by atoms with Crippen molar-refractivity contribution in [2.24, 2.45) is 0 Å². The molecule has 0 atom stereocenters. The third-order valence-electron chi connectivity index (χ3n) is 2.50. The van der Waals surface area contributed by atoms with Crippen molar-refractivity contribution in [1.82, 2.24) is 9.97 Å².